The Kier molecular flexibility index (Phi) is 6.71. The molecule has 8 rings (SSSR count). The minimum absolute atomic E-state index is 0.0591. The van der Waals surface area contributed by atoms with Gasteiger partial charge >= 0.3 is 12.0 Å². The quantitative estimate of drug-likeness (QED) is 0.254. The number of aromatic nitrogens is 1. The Hall–Kier alpha value is -3.88. The number of anilines is 2. The Bertz CT molecular complexity index is 1480. The summed E-state index contributed by atoms with van der Waals surface area (Å²) < 4.78 is 5.12. The third-order valence-electron chi connectivity index (χ3n) is 9.97. The molecule has 42 heavy (non-hydrogen) atoms. The number of ketones is 1. The van der Waals surface area contributed by atoms with Crippen molar-refractivity contribution in [2.24, 2.45) is 17.8 Å². The third-order valence-corrected chi connectivity index (χ3v) is 9.97. The van der Waals surface area contributed by atoms with E-state index >= 15 is 0 Å². The standard InChI is InChI=1S/C33H38N4O5/c1-2-42-29(39)9-7-22-27(35-26-4-3-5-28(38)30(22)26)14-24-23-13-21(6-8-25(23)36-31(24)40)34-32(41)37-33-15-18-10-19(16-33)12-20(11-18)17-33/h6,8,13-14,18-20,35H,2-5,7,9-12,15-17H2,1H3,(H,36,40)(H2,34,37,41)/b24-14-. The molecule has 2 heterocycles. The minimum Gasteiger partial charge on any atom is -0.466 e. The first-order valence-electron chi connectivity index (χ1n) is 15.5. The van der Waals surface area contributed by atoms with Gasteiger partial charge in [-0.2, -0.15) is 0 Å². The van der Waals surface area contributed by atoms with E-state index in [9.17, 15) is 19.2 Å². The van der Waals surface area contributed by atoms with Crippen LogP contribution in [0.2, 0.25) is 0 Å². The number of rotatable bonds is 7. The number of fused-ring (bicyclic) bond motifs is 2. The second-order valence-corrected chi connectivity index (χ2v) is 13.0. The van der Waals surface area contributed by atoms with Gasteiger partial charge in [-0.25, -0.2) is 4.79 Å². The number of H-pyrrole nitrogens is 1. The highest BCUT2D eigenvalue weighted by atomic mass is 16.5. The zero-order valence-corrected chi connectivity index (χ0v) is 24.1. The number of urea groups is 1. The van der Waals surface area contributed by atoms with Gasteiger partial charge in [0.05, 0.1) is 12.2 Å². The van der Waals surface area contributed by atoms with Crippen molar-refractivity contribution in [1.29, 1.82) is 0 Å². The van der Waals surface area contributed by atoms with Gasteiger partial charge in [-0.1, -0.05) is 0 Å². The molecule has 9 heteroatoms. The smallest absolute Gasteiger partial charge is 0.319 e. The van der Waals surface area contributed by atoms with Crippen molar-refractivity contribution in [1.82, 2.24) is 10.3 Å². The molecule has 1 aromatic carbocycles. The number of nitrogens with one attached hydrogen (secondary N) is 4. The van der Waals surface area contributed by atoms with Crippen LogP contribution in [-0.2, 0) is 27.2 Å². The molecule has 0 unspecified atom stereocenters. The lowest BCUT2D eigenvalue weighted by molar-refractivity contribution is -0.143. The van der Waals surface area contributed by atoms with Gasteiger partial charge in [0, 0.05) is 52.3 Å². The SMILES string of the molecule is CCOC(=O)CCc1c(/C=C2\C(=O)Nc3ccc(NC(=O)NC45CC6CC(CC(C6)C4)C5)cc32)[nH]c2c1C(=O)CCC2. The maximum atomic E-state index is 13.2. The lowest BCUT2D eigenvalue weighted by atomic mass is 9.53. The van der Waals surface area contributed by atoms with Crippen LogP contribution in [0.1, 0.15) is 97.6 Å². The van der Waals surface area contributed by atoms with Crippen molar-refractivity contribution in [3.8, 4) is 0 Å². The third kappa shape index (κ3) is 4.92. The summed E-state index contributed by atoms with van der Waals surface area (Å²) in [5.41, 5.74) is 5.22. The van der Waals surface area contributed by atoms with Crippen molar-refractivity contribution in [3.63, 3.8) is 0 Å². The van der Waals surface area contributed by atoms with Crippen LogP contribution in [0.15, 0.2) is 18.2 Å². The second kappa shape index (κ2) is 10.4. The summed E-state index contributed by atoms with van der Waals surface area (Å²) >= 11 is 0. The molecule has 4 fully saturated rings. The molecule has 9 nitrogen and oxygen atoms in total. The van der Waals surface area contributed by atoms with Crippen molar-refractivity contribution >= 4 is 46.7 Å². The molecule has 0 radical (unpaired) electrons. The number of esters is 1. The molecule has 3 amide bonds. The first kappa shape index (κ1) is 27.0. The highest BCUT2D eigenvalue weighted by Gasteiger charge is 2.51. The first-order valence-corrected chi connectivity index (χ1v) is 15.5. The molecule has 4 bridgehead atoms. The topological polar surface area (TPSA) is 129 Å². The average Bonchev–Trinajstić information content (AvgIpc) is 3.43. The van der Waals surface area contributed by atoms with E-state index < -0.39 is 0 Å². The van der Waals surface area contributed by atoms with Gasteiger partial charge in [0.2, 0.25) is 0 Å². The molecule has 0 saturated heterocycles. The Balaban J connectivity index is 1.14. The zero-order chi connectivity index (χ0) is 29.0. The molecule has 1 aliphatic heterocycles. The molecule has 0 spiro atoms. The number of hydrogen-bond donors (Lipinski definition) is 4. The van der Waals surface area contributed by atoms with Crippen LogP contribution in [0.3, 0.4) is 0 Å². The van der Waals surface area contributed by atoms with E-state index in [2.05, 4.69) is 20.9 Å². The summed E-state index contributed by atoms with van der Waals surface area (Å²) in [6.07, 6.45) is 11.4. The molecular weight excluding hydrogens is 532 g/mol. The van der Waals surface area contributed by atoms with Crippen LogP contribution < -0.4 is 16.0 Å². The Morgan fingerprint density at radius 3 is 2.52 bits per heavy atom. The van der Waals surface area contributed by atoms with Gasteiger partial charge in [-0.3, -0.25) is 14.4 Å². The summed E-state index contributed by atoms with van der Waals surface area (Å²) in [7, 11) is 0. The van der Waals surface area contributed by atoms with Gasteiger partial charge in [-0.05, 0) is 112 Å². The van der Waals surface area contributed by atoms with Crippen molar-refractivity contribution in [2.45, 2.75) is 83.1 Å². The highest BCUT2D eigenvalue weighted by Crippen LogP contribution is 2.55. The van der Waals surface area contributed by atoms with Crippen LogP contribution in [0, 0.1) is 17.8 Å². The maximum absolute atomic E-state index is 13.2. The molecule has 0 atom stereocenters. The lowest BCUT2D eigenvalue weighted by Crippen LogP contribution is -2.60. The predicted octanol–water partition coefficient (Wildman–Crippen LogP) is 5.61. The van der Waals surface area contributed by atoms with Gasteiger partial charge in [-0.15, -0.1) is 0 Å². The highest BCUT2D eigenvalue weighted by molar-refractivity contribution is 6.35. The fourth-order valence-electron chi connectivity index (χ4n) is 8.76. The average molecular weight is 571 g/mol. The fraction of sp³-hybridized carbons (Fsp3) is 0.515. The Morgan fingerprint density at radius 1 is 1.07 bits per heavy atom. The van der Waals surface area contributed by atoms with Crippen LogP contribution >= 0.6 is 0 Å². The summed E-state index contributed by atoms with van der Waals surface area (Å²) in [5.74, 6) is 1.69. The number of benzene rings is 1. The molecular formula is C33H38N4O5. The number of carbonyl (C=O) groups is 4. The number of aryl methyl sites for hydroxylation is 1. The maximum Gasteiger partial charge on any atom is 0.319 e. The fourth-order valence-corrected chi connectivity index (χ4v) is 8.76. The summed E-state index contributed by atoms with van der Waals surface area (Å²) in [5, 5.41) is 9.30. The van der Waals surface area contributed by atoms with Crippen LogP contribution in [-0.4, -0.2) is 40.8 Å². The van der Waals surface area contributed by atoms with Crippen molar-refractivity contribution < 1.29 is 23.9 Å². The van der Waals surface area contributed by atoms with Crippen molar-refractivity contribution in [2.75, 3.05) is 17.2 Å². The van der Waals surface area contributed by atoms with Crippen LogP contribution in [0.4, 0.5) is 16.2 Å². The number of Topliss-reactive ketones (excluding diaryl/α,β-unsaturated/α-hetero) is 1. The minimum atomic E-state index is -0.319. The first-order chi connectivity index (χ1) is 20.3. The normalized spacial score (nSPS) is 27.9. The molecule has 5 aliphatic carbocycles. The van der Waals surface area contributed by atoms with E-state index in [1.54, 1.807) is 25.1 Å². The number of carbonyl (C=O) groups excluding carboxylic acids is 4. The summed E-state index contributed by atoms with van der Waals surface area (Å²) in [4.78, 5) is 54.7. The number of hydrogen-bond acceptors (Lipinski definition) is 5. The number of ether oxygens (including phenoxy) is 1. The molecule has 220 valence electrons. The molecule has 1 aromatic heterocycles. The molecule has 2 aromatic rings. The predicted molar refractivity (Wildman–Crippen MR) is 159 cm³/mol. The lowest BCUT2D eigenvalue weighted by Gasteiger charge is -2.56. The second-order valence-electron chi connectivity index (χ2n) is 13.0. The van der Waals surface area contributed by atoms with Crippen molar-refractivity contribution in [3.05, 3.63) is 46.3 Å². The van der Waals surface area contributed by atoms with E-state index in [1.165, 1.54) is 19.3 Å². The Labute approximate surface area is 245 Å². The zero-order valence-electron chi connectivity index (χ0n) is 24.1. The van der Waals surface area contributed by atoms with E-state index in [0.29, 0.717) is 53.2 Å². The van der Waals surface area contributed by atoms with E-state index in [4.69, 9.17) is 4.74 Å². The largest absolute Gasteiger partial charge is 0.466 e. The number of aromatic amines is 1. The monoisotopic (exact) mass is 570 g/mol. The van der Waals surface area contributed by atoms with Gasteiger partial charge in [0.15, 0.2) is 5.78 Å². The summed E-state index contributed by atoms with van der Waals surface area (Å²) in [6.45, 7) is 2.06. The van der Waals surface area contributed by atoms with Gasteiger partial charge < -0.3 is 25.7 Å². The van der Waals surface area contributed by atoms with E-state index in [0.717, 1.165) is 61.1 Å². The summed E-state index contributed by atoms with van der Waals surface area (Å²) in [6, 6.07) is 5.23. The van der Waals surface area contributed by atoms with Gasteiger partial charge in [0.1, 0.15) is 0 Å². The van der Waals surface area contributed by atoms with E-state index in [1.807, 2.05) is 6.07 Å². The van der Waals surface area contributed by atoms with Crippen LogP contribution in [0.25, 0.3) is 11.6 Å². The molecule has 6 aliphatic rings. The number of amides is 3. The molecule has 4 N–H and O–H groups in total. The Morgan fingerprint density at radius 2 is 1.81 bits per heavy atom. The van der Waals surface area contributed by atoms with Crippen LogP contribution in [0.5, 0.6) is 0 Å². The van der Waals surface area contributed by atoms with E-state index in [-0.39, 0.29) is 35.7 Å². The van der Waals surface area contributed by atoms with Gasteiger partial charge in [0.25, 0.3) is 5.91 Å². The molecule has 4 saturated carbocycles.